The lowest BCUT2D eigenvalue weighted by molar-refractivity contribution is -0.117. The molecule has 2 amide bonds. The largest absolute Gasteiger partial charge is 0.383 e. The van der Waals surface area contributed by atoms with Crippen LogP contribution in [0.1, 0.15) is 5.56 Å². The Kier molecular flexibility index (Phi) is 9.36. The number of nitrogens with two attached hydrogens (primary N) is 1. The highest BCUT2D eigenvalue weighted by Crippen LogP contribution is 2.09. The topological polar surface area (TPSA) is 93.4 Å². The molecule has 0 radical (unpaired) electrons. The van der Waals surface area contributed by atoms with Crippen LogP contribution in [0, 0.1) is 0 Å². The number of halogens is 1. The van der Waals surface area contributed by atoms with E-state index in [1.807, 2.05) is 0 Å². The number of carbonyl (C=O) groups is 2. The molecular formula is C13H20ClN3O3. The molecule has 0 fully saturated rings. The van der Waals surface area contributed by atoms with Gasteiger partial charge in [0.1, 0.15) is 0 Å². The number of amides is 2. The van der Waals surface area contributed by atoms with E-state index in [9.17, 15) is 9.59 Å². The van der Waals surface area contributed by atoms with Crippen LogP contribution in [0.3, 0.4) is 0 Å². The monoisotopic (exact) mass is 301 g/mol. The van der Waals surface area contributed by atoms with Gasteiger partial charge in [0.15, 0.2) is 0 Å². The molecule has 0 spiro atoms. The Morgan fingerprint density at radius 2 is 1.90 bits per heavy atom. The number of methoxy groups -OCH3 is 1. The average Bonchev–Trinajstić information content (AvgIpc) is 2.36. The fourth-order valence-electron chi connectivity index (χ4n) is 1.49. The Balaban J connectivity index is 0.00000361. The van der Waals surface area contributed by atoms with Crippen molar-refractivity contribution in [2.75, 3.05) is 32.1 Å². The van der Waals surface area contributed by atoms with Gasteiger partial charge in [-0.1, -0.05) is 12.1 Å². The van der Waals surface area contributed by atoms with Crippen LogP contribution in [0.2, 0.25) is 0 Å². The zero-order valence-corrected chi connectivity index (χ0v) is 12.2. The number of ether oxygens (including phenoxy) is 1. The third-order valence-electron chi connectivity index (χ3n) is 2.38. The molecule has 0 saturated heterocycles. The van der Waals surface area contributed by atoms with Crippen molar-refractivity contribution in [2.24, 2.45) is 5.73 Å². The number of benzene rings is 1. The maximum Gasteiger partial charge on any atom is 0.238 e. The van der Waals surface area contributed by atoms with Crippen molar-refractivity contribution in [3.05, 3.63) is 29.8 Å². The molecule has 1 aromatic carbocycles. The Bertz CT molecular complexity index is 423. The van der Waals surface area contributed by atoms with Gasteiger partial charge in [-0.2, -0.15) is 0 Å². The van der Waals surface area contributed by atoms with E-state index < -0.39 is 0 Å². The molecule has 0 saturated carbocycles. The SMILES string of the molecule is COCCNCC(=O)Nc1ccc(CC(N)=O)cc1.Cl. The number of nitrogens with one attached hydrogen (secondary N) is 2. The molecular weight excluding hydrogens is 282 g/mol. The summed E-state index contributed by atoms with van der Waals surface area (Å²) < 4.78 is 4.85. The van der Waals surface area contributed by atoms with E-state index in [1.165, 1.54) is 0 Å². The van der Waals surface area contributed by atoms with Crippen LogP contribution in [0.4, 0.5) is 5.69 Å². The molecule has 0 heterocycles. The molecule has 0 atom stereocenters. The zero-order chi connectivity index (χ0) is 14.1. The van der Waals surface area contributed by atoms with Gasteiger partial charge in [-0.15, -0.1) is 12.4 Å². The van der Waals surface area contributed by atoms with E-state index in [2.05, 4.69) is 10.6 Å². The average molecular weight is 302 g/mol. The highest BCUT2D eigenvalue weighted by atomic mass is 35.5. The van der Waals surface area contributed by atoms with Crippen molar-refractivity contribution in [1.82, 2.24) is 5.32 Å². The predicted octanol–water partition coefficient (Wildman–Crippen LogP) is 0.311. The van der Waals surface area contributed by atoms with Crippen molar-refractivity contribution >= 4 is 29.9 Å². The lowest BCUT2D eigenvalue weighted by atomic mass is 10.1. The Morgan fingerprint density at radius 1 is 1.25 bits per heavy atom. The van der Waals surface area contributed by atoms with E-state index in [0.29, 0.717) is 18.8 Å². The van der Waals surface area contributed by atoms with Gasteiger partial charge in [0.25, 0.3) is 0 Å². The standard InChI is InChI=1S/C13H19N3O3.ClH/c1-19-7-6-15-9-13(18)16-11-4-2-10(3-5-11)8-12(14)17;/h2-5,15H,6-9H2,1H3,(H2,14,17)(H,16,18);1H. The molecule has 4 N–H and O–H groups in total. The summed E-state index contributed by atoms with van der Waals surface area (Å²) in [6.45, 7) is 1.42. The van der Waals surface area contributed by atoms with E-state index in [0.717, 1.165) is 5.56 Å². The van der Waals surface area contributed by atoms with Gasteiger partial charge in [0, 0.05) is 19.3 Å². The van der Waals surface area contributed by atoms with Crippen LogP contribution in [-0.2, 0) is 20.7 Å². The maximum absolute atomic E-state index is 11.5. The highest BCUT2D eigenvalue weighted by Gasteiger charge is 2.02. The Hall–Kier alpha value is -1.63. The molecule has 0 aliphatic heterocycles. The first-order valence-electron chi connectivity index (χ1n) is 5.98. The van der Waals surface area contributed by atoms with Crippen LogP contribution >= 0.6 is 12.4 Å². The minimum atomic E-state index is -0.376. The molecule has 6 nitrogen and oxygen atoms in total. The quantitative estimate of drug-likeness (QED) is 0.603. The second-order valence-corrected chi connectivity index (χ2v) is 4.06. The number of hydrogen-bond acceptors (Lipinski definition) is 4. The Labute approximate surface area is 124 Å². The zero-order valence-electron chi connectivity index (χ0n) is 11.3. The van der Waals surface area contributed by atoms with Gasteiger partial charge in [-0.05, 0) is 17.7 Å². The fraction of sp³-hybridized carbons (Fsp3) is 0.385. The van der Waals surface area contributed by atoms with Crippen molar-refractivity contribution in [3.8, 4) is 0 Å². The molecule has 20 heavy (non-hydrogen) atoms. The summed E-state index contributed by atoms with van der Waals surface area (Å²) in [4.78, 5) is 22.3. The van der Waals surface area contributed by atoms with Gasteiger partial charge in [-0.25, -0.2) is 0 Å². The van der Waals surface area contributed by atoms with Crippen molar-refractivity contribution in [1.29, 1.82) is 0 Å². The van der Waals surface area contributed by atoms with Crippen LogP contribution in [-0.4, -0.2) is 38.6 Å². The predicted molar refractivity (Wildman–Crippen MR) is 80.0 cm³/mol. The smallest absolute Gasteiger partial charge is 0.238 e. The summed E-state index contributed by atoms with van der Waals surface area (Å²) >= 11 is 0. The summed E-state index contributed by atoms with van der Waals surface area (Å²) in [6, 6.07) is 7.01. The number of rotatable bonds is 8. The number of anilines is 1. The highest BCUT2D eigenvalue weighted by molar-refractivity contribution is 5.92. The van der Waals surface area contributed by atoms with Crippen molar-refractivity contribution in [2.45, 2.75) is 6.42 Å². The summed E-state index contributed by atoms with van der Waals surface area (Å²) in [6.07, 6.45) is 0.201. The summed E-state index contributed by atoms with van der Waals surface area (Å²) in [5, 5.41) is 5.69. The molecule has 1 rings (SSSR count). The first-order valence-corrected chi connectivity index (χ1v) is 5.98. The summed E-state index contributed by atoms with van der Waals surface area (Å²) in [5.41, 5.74) is 6.61. The fourth-order valence-corrected chi connectivity index (χ4v) is 1.49. The third-order valence-corrected chi connectivity index (χ3v) is 2.38. The number of primary amides is 1. The number of hydrogen-bond donors (Lipinski definition) is 3. The van der Waals surface area contributed by atoms with E-state index in [1.54, 1.807) is 31.4 Å². The molecule has 0 unspecified atom stereocenters. The minimum absolute atomic E-state index is 0. The van der Waals surface area contributed by atoms with Gasteiger partial charge in [0.2, 0.25) is 11.8 Å². The summed E-state index contributed by atoms with van der Waals surface area (Å²) in [7, 11) is 1.61. The van der Waals surface area contributed by atoms with Gasteiger partial charge in [0.05, 0.1) is 19.6 Å². The van der Waals surface area contributed by atoms with Gasteiger partial charge < -0.3 is 21.1 Å². The summed E-state index contributed by atoms with van der Waals surface area (Å²) in [5.74, 6) is -0.502. The molecule has 112 valence electrons. The van der Waals surface area contributed by atoms with Crippen molar-refractivity contribution in [3.63, 3.8) is 0 Å². The second kappa shape index (κ2) is 10.2. The lowest BCUT2D eigenvalue weighted by Crippen LogP contribution is -2.30. The molecule has 0 aromatic heterocycles. The van der Waals surface area contributed by atoms with E-state index >= 15 is 0 Å². The second-order valence-electron chi connectivity index (χ2n) is 4.06. The number of carbonyl (C=O) groups excluding carboxylic acids is 2. The lowest BCUT2D eigenvalue weighted by Gasteiger charge is -2.07. The Morgan fingerprint density at radius 3 is 2.45 bits per heavy atom. The molecule has 0 aliphatic carbocycles. The molecule has 1 aromatic rings. The molecule has 0 bridgehead atoms. The van der Waals surface area contributed by atoms with Gasteiger partial charge in [-0.3, -0.25) is 9.59 Å². The first kappa shape index (κ1) is 18.4. The normalized spacial score (nSPS) is 9.65. The van der Waals surface area contributed by atoms with E-state index in [-0.39, 0.29) is 37.2 Å². The molecule has 0 aliphatic rings. The van der Waals surface area contributed by atoms with Gasteiger partial charge >= 0.3 is 0 Å². The van der Waals surface area contributed by atoms with Crippen LogP contribution < -0.4 is 16.4 Å². The van der Waals surface area contributed by atoms with Crippen molar-refractivity contribution < 1.29 is 14.3 Å². The van der Waals surface area contributed by atoms with E-state index in [4.69, 9.17) is 10.5 Å². The minimum Gasteiger partial charge on any atom is -0.383 e. The first-order chi connectivity index (χ1) is 9.11. The van der Waals surface area contributed by atoms with Crippen LogP contribution in [0.5, 0.6) is 0 Å². The maximum atomic E-state index is 11.5. The molecule has 7 heteroatoms. The van der Waals surface area contributed by atoms with Crippen LogP contribution in [0.25, 0.3) is 0 Å². The van der Waals surface area contributed by atoms with Crippen LogP contribution in [0.15, 0.2) is 24.3 Å². The third kappa shape index (κ3) is 7.73.